The van der Waals surface area contributed by atoms with Gasteiger partial charge in [0.15, 0.2) is 0 Å². The second-order valence-corrected chi connectivity index (χ2v) is 4.07. The van der Waals surface area contributed by atoms with Crippen LogP contribution in [0.25, 0.3) is 0 Å². The lowest BCUT2D eigenvalue weighted by Crippen LogP contribution is -2.40. The van der Waals surface area contributed by atoms with E-state index < -0.39 is 11.5 Å². The van der Waals surface area contributed by atoms with Crippen molar-refractivity contribution >= 4 is 5.91 Å². The number of fused-ring (bicyclic) bond motifs is 1. The molecule has 2 heterocycles. The Labute approximate surface area is 102 Å². The van der Waals surface area contributed by atoms with Crippen LogP contribution < -0.4 is 5.32 Å². The summed E-state index contributed by atoms with van der Waals surface area (Å²) in [6, 6.07) is 9.21. The zero-order valence-corrected chi connectivity index (χ0v) is 9.22. The van der Waals surface area contributed by atoms with E-state index in [4.69, 9.17) is 0 Å². The highest BCUT2D eigenvalue weighted by molar-refractivity contribution is 6.00. The van der Waals surface area contributed by atoms with Gasteiger partial charge in [0, 0.05) is 11.1 Å². The van der Waals surface area contributed by atoms with Crippen molar-refractivity contribution in [3.05, 3.63) is 65.2 Å². The number of aliphatic hydroxyl groups is 1. The molecule has 0 aliphatic carbocycles. The number of amides is 1. The normalized spacial score (nSPS) is 21.6. The van der Waals surface area contributed by atoms with Crippen LogP contribution in [0, 0.1) is 5.82 Å². The van der Waals surface area contributed by atoms with Crippen molar-refractivity contribution in [1.82, 2.24) is 10.3 Å². The number of pyridine rings is 1. The largest absolute Gasteiger partial charge is 0.362 e. The van der Waals surface area contributed by atoms with Gasteiger partial charge in [0.2, 0.25) is 5.72 Å². The molecule has 1 aliphatic rings. The summed E-state index contributed by atoms with van der Waals surface area (Å²) in [5.74, 6) is -0.876. The fraction of sp³-hybridized carbons (Fsp3) is 0.0769. The van der Waals surface area contributed by atoms with E-state index in [2.05, 4.69) is 10.3 Å². The number of nitrogens with zero attached hydrogens (tertiary/aromatic N) is 1. The second-order valence-electron chi connectivity index (χ2n) is 4.07. The number of halogens is 1. The number of carbonyl (C=O) groups excluding carboxylic acids is 1. The van der Waals surface area contributed by atoms with Crippen molar-refractivity contribution in [2.75, 3.05) is 0 Å². The molecule has 18 heavy (non-hydrogen) atoms. The molecule has 0 spiro atoms. The number of hydrogen-bond acceptors (Lipinski definition) is 3. The van der Waals surface area contributed by atoms with E-state index >= 15 is 0 Å². The minimum Gasteiger partial charge on any atom is -0.362 e. The van der Waals surface area contributed by atoms with Crippen LogP contribution in [0.15, 0.2) is 42.6 Å². The van der Waals surface area contributed by atoms with Gasteiger partial charge >= 0.3 is 0 Å². The van der Waals surface area contributed by atoms with Crippen LogP contribution in [0.4, 0.5) is 4.39 Å². The summed E-state index contributed by atoms with van der Waals surface area (Å²) in [7, 11) is 0. The predicted octanol–water partition coefficient (Wildman–Crippen LogP) is 1.16. The van der Waals surface area contributed by atoms with E-state index in [1.165, 1.54) is 12.1 Å². The van der Waals surface area contributed by atoms with Crippen LogP contribution in [-0.2, 0) is 5.72 Å². The lowest BCUT2D eigenvalue weighted by atomic mass is 9.98. The Hall–Kier alpha value is -2.27. The van der Waals surface area contributed by atoms with E-state index in [9.17, 15) is 14.3 Å². The third-order valence-electron chi connectivity index (χ3n) is 2.95. The maximum absolute atomic E-state index is 12.8. The molecule has 1 aliphatic heterocycles. The van der Waals surface area contributed by atoms with E-state index in [1.807, 2.05) is 0 Å². The molecule has 1 aromatic heterocycles. The van der Waals surface area contributed by atoms with Crippen LogP contribution >= 0.6 is 0 Å². The Kier molecular flexibility index (Phi) is 2.18. The highest BCUT2D eigenvalue weighted by Gasteiger charge is 2.43. The van der Waals surface area contributed by atoms with Crippen molar-refractivity contribution in [2.45, 2.75) is 5.72 Å². The van der Waals surface area contributed by atoms with Crippen LogP contribution in [0.5, 0.6) is 0 Å². The molecular formula is C13H9FN2O2. The maximum atomic E-state index is 12.8. The SMILES string of the molecule is O=C1N[C@](O)(c2ccc(F)cn2)c2ccccc21. The molecule has 2 aromatic rings. The lowest BCUT2D eigenvalue weighted by molar-refractivity contribution is 0.0444. The molecule has 2 N–H and O–H groups in total. The molecule has 1 atom stereocenters. The summed E-state index contributed by atoms with van der Waals surface area (Å²) < 4.78 is 12.8. The summed E-state index contributed by atoms with van der Waals surface area (Å²) in [5, 5.41) is 13.0. The van der Waals surface area contributed by atoms with Crippen LogP contribution in [0.3, 0.4) is 0 Å². The van der Waals surface area contributed by atoms with Crippen molar-refractivity contribution < 1.29 is 14.3 Å². The molecule has 5 heteroatoms. The molecular weight excluding hydrogens is 235 g/mol. The van der Waals surface area contributed by atoms with Gasteiger partial charge in [0.1, 0.15) is 5.82 Å². The number of benzene rings is 1. The van der Waals surface area contributed by atoms with Gasteiger partial charge in [-0.2, -0.15) is 0 Å². The summed E-state index contributed by atoms with van der Waals surface area (Å²) in [5.41, 5.74) is -0.691. The average Bonchev–Trinajstić information content (AvgIpc) is 2.64. The highest BCUT2D eigenvalue weighted by Crippen LogP contribution is 2.33. The first kappa shape index (κ1) is 10.9. The molecule has 0 saturated heterocycles. The average molecular weight is 244 g/mol. The summed E-state index contributed by atoms with van der Waals surface area (Å²) in [6.07, 6.45) is 1.00. The first-order valence-electron chi connectivity index (χ1n) is 5.38. The fourth-order valence-corrected chi connectivity index (χ4v) is 2.09. The smallest absolute Gasteiger partial charge is 0.254 e. The quantitative estimate of drug-likeness (QED) is 0.791. The standard InChI is InChI=1S/C13H9FN2O2/c14-8-5-6-11(15-7-8)13(18)10-4-2-1-3-9(10)12(17)16-13/h1-7,18H,(H,16,17)/t13-/m1/s1. The zero-order valence-electron chi connectivity index (χ0n) is 9.22. The van der Waals surface area contributed by atoms with Crippen molar-refractivity contribution in [1.29, 1.82) is 0 Å². The monoisotopic (exact) mass is 244 g/mol. The Balaban J connectivity index is 2.17. The van der Waals surface area contributed by atoms with Crippen molar-refractivity contribution in [3.8, 4) is 0 Å². The molecule has 90 valence electrons. The Morgan fingerprint density at radius 3 is 2.72 bits per heavy atom. The minimum absolute atomic E-state index is 0.183. The minimum atomic E-state index is -1.69. The summed E-state index contributed by atoms with van der Waals surface area (Å²) >= 11 is 0. The first-order valence-corrected chi connectivity index (χ1v) is 5.38. The van der Waals surface area contributed by atoms with Gasteiger partial charge in [-0.15, -0.1) is 0 Å². The van der Waals surface area contributed by atoms with Crippen molar-refractivity contribution in [3.63, 3.8) is 0 Å². The molecule has 3 rings (SSSR count). The highest BCUT2D eigenvalue weighted by atomic mass is 19.1. The van der Waals surface area contributed by atoms with Gasteiger partial charge in [-0.3, -0.25) is 9.78 Å². The first-order chi connectivity index (χ1) is 8.61. The van der Waals surface area contributed by atoms with E-state index in [0.29, 0.717) is 11.1 Å². The molecule has 0 unspecified atom stereocenters. The fourth-order valence-electron chi connectivity index (χ4n) is 2.09. The van der Waals surface area contributed by atoms with Crippen molar-refractivity contribution in [2.24, 2.45) is 0 Å². The number of carbonyl (C=O) groups is 1. The molecule has 0 saturated carbocycles. The van der Waals surface area contributed by atoms with Gasteiger partial charge in [0.05, 0.1) is 11.9 Å². The van der Waals surface area contributed by atoms with Gasteiger partial charge in [-0.25, -0.2) is 4.39 Å². The third-order valence-corrected chi connectivity index (χ3v) is 2.95. The topological polar surface area (TPSA) is 62.2 Å². The zero-order chi connectivity index (χ0) is 12.8. The predicted molar refractivity (Wildman–Crippen MR) is 61.1 cm³/mol. The molecule has 1 amide bonds. The van der Waals surface area contributed by atoms with Gasteiger partial charge in [0.25, 0.3) is 5.91 Å². The molecule has 1 aromatic carbocycles. The molecule has 4 nitrogen and oxygen atoms in total. The summed E-state index contributed by atoms with van der Waals surface area (Å²) in [4.78, 5) is 15.6. The summed E-state index contributed by atoms with van der Waals surface area (Å²) in [6.45, 7) is 0. The number of nitrogens with one attached hydrogen (secondary N) is 1. The second kappa shape index (κ2) is 3.61. The van der Waals surface area contributed by atoms with E-state index in [-0.39, 0.29) is 11.6 Å². The lowest BCUT2D eigenvalue weighted by Gasteiger charge is -2.22. The third kappa shape index (κ3) is 1.41. The van der Waals surface area contributed by atoms with Crippen LogP contribution in [0.2, 0.25) is 0 Å². The van der Waals surface area contributed by atoms with Gasteiger partial charge < -0.3 is 10.4 Å². The van der Waals surface area contributed by atoms with Gasteiger partial charge in [-0.05, 0) is 18.2 Å². The number of rotatable bonds is 1. The van der Waals surface area contributed by atoms with Crippen LogP contribution in [-0.4, -0.2) is 16.0 Å². The van der Waals surface area contributed by atoms with E-state index in [0.717, 1.165) is 6.20 Å². The molecule has 0 radical (unpaired) electrons. The molecule has 0 bridgehead atoms. The van der Waals surface area contributed by atoms with E-state index in [1.54, 1.807) is 24.3 Å². The van der Waals surface area contributed by atoms with Gasteiger partial charge in [-0.1, -0.05) is 18.2 Å². The number of aromatic nitrogens is 1. The Bertz CT molecular complexity index is 627. The Morgan fingerprint density at radius 2 is 2.00 bits per heavy atom. The number of hydrogen-bond donors (Lipinski definition) is 2. The maximum Gasteiger partial charge on any atom is 0.254 e. The van der Waals surface area contributed by atoms with Crippen LogP contribution in [0.1, 0.15) is 21.6 Å². The molecule has 0 fully saturated rings. The Morgan fingerprint density at radius 1 is 1.22 bits per heavy atom.